The Hall–Kier alpha value is -3.54. The molecule has 0 fully saturated rings. The van der Waals surface area contributed by atoms with Crippen LogP contribution in [0.3, 0.4) is 0 Å². The van der Waals surface area contributed by atoms with Gasteiger partial charge in [0.05, 0.1) is 12.3 Å². The van der Waals surface area contributed by atoms with Crippen molar-refractivity contribution in [2.75, 3.05) is 6.61 Å². The maximum atomic E-state index is 12.4. The number of hydrogen-bond donors (Lipinski definition) is 1. The van der Waals surface area contributed by atoms with Crippen LogP contribution in [0, 0.1) is 0 Å². The van der Waals surface area contributed by atoms with Crippen molar-refractivity contribution in [3.63, 3.8) is 0 Å². The number of esters is 1. The van der Waals surface area contributed by atoms with E-state index in [1.165, 1.54) is 6.26 Å². The van der Waals surface area contributed by atoms with Crippen LogP contribution in [0.25, 0.3) is 0 Å². The second-order valence-electron chi connectivity index (χ2n) is 5.79. The minimum Gasteiger partial charge on any atom is -0.467 e. The molecule has 1 atom stereocenters. The Morgan fingerprint density at radius 1 is 1.00 bits per heavy atom. The lowest BCUT2D eigenvalue weighted by Crippen LogP contribution is -2.31. The third-order valence-electron chi connectivity index (χ3n) is 3.76. The van der Waals surface area contributed by atoms with Gasteiger partial charge in [0.2, 0.25) is 0 Å². The highest BCUT2D eigenvalue weighted by Gasteiger charge is 2.17. The zero-order chi connectivity index (χ0) is 19.1. The van der Waals surface area contributed by atoms with Crippen LogP contribution in [0.4, 0.5) is 0 Å². The molecule has 2 aromatic carbocycles. The first-order chi connectivity index (χ1) is 13.1. The van der Waals surface area contributed by atoms with Crippen LogP contribution < -0.4 is 10.1 Å². The Bertz CT molecular complexity index is 890. The van der Waals surface area contributed by atoms with Gasteiger partial charge in [0, 0.05) is 0 Å². The zero-order valence-corrected chi connectivity index (χ0v) is 14.8. The van der Waals surface area contributed by atoms with Crippen LogP contribution in [0.15, 0.2) is 77.4 Å². The van der Waals surface area contributed by atoms with Crippen LogP contribution in [0.1, 0.15) is 29.1 Å². The zero-order valence-electron chi connectivity index (χ0n) is 14.8. The van der Waals surface area contributed by atoms with Crippen molar-refractivity contribution in [1.82, 2.24) is 5.32 Å². The van der Waals surface area contributed by atoms with Gasteiger partial charge in [-0.1, -0.05) is 30.3 Å². The third-order valence-corrected chi connectivity index (χ3v) is 3.76. The fourth-order valence-electron chi connectivity index (χ4n) is 2.44. The molecule has 0 aliphatic carbocycles. The summed E-state index contributed by atoms with van der Waals surface area (Å²) in [7, 11) is 0. The van der Waals surface area contributed by atoms with Gasteiger partial charge in [-0.15, -0.1) is 0 Å². The predicted molar refractivity (Wildman–Crippen MR) is 98.5 cm³/mol. The predicted octanol–water partition coefficient (Wildman–Crippen LogP) is 4.11. The van der Waals surface area contributed by atoms with Gasteiger partial charge in [0.15, 0.2) is 6.61 Å². The molecule has 1 amide bonds. The molecule has 27 heavy (non-hydrogen) atoms. The van der Waals surface area contributed by atoms with E-state index in [0.29, 0.717) is 17.3 Å². The number of rotatable bonds is 7. The normalized spacial score (nSPS) is 11.4. The first kappa shape index (κ1) is 18.3. The summed E-state index contributed by atoms with van der Waals surface area (Å²) in [5, 5.41) is 2.70. The molecule has 0 radical (unpaired) electrons. The molecule has 0 saturated heterocycles. The molecular formula is C21H19NO5. The average Bonchev–Trinajstić information content (AvgIpc) is 3.22. The maximum Gasteiger partial charge on any atom is 0.342 e. The molecule has 0 aliphatic rings. The van der Waals surface area contributed by atoms with Gasteiger partial charge < -0.3 is 19.2 Å². The van der Waals surface area contributed by atoms with Gasteiger partial charge in [-0.3, -0.25) is 4.79 Å². The second-order valence-corrected chi connectivity index (χ2v) is 5.79. The summed E-state index contributed by atoms with van der Waals surface area (Å²) in [6, 6.07) is 19.0. The monoisotopic (exact) mass is 365 g/mol. The first-order valence-electron chi connectivity index (χ1n) is 8.45. The van der Waals surface area contributed by atoms with E-state index in [0.717, 1.165) is 0 Å². The summed E-state index contributed by atoms with van der Waals surface area (Å²) in [4.78, 5) is 24.4. The summed E-state index contributed by atoms with van der Waals surface area (Å²) < 4.78 is 16.1. The number of benzene rings is 2. The molecule has 1 N–H and O–H groups in total. The van der Waals surface area contributed by atoms with E-state index in [2.05, 4.69) is 5.32 Å². The number of amides is 1. The second kappa shape index (κ2) is 8.71. The number of ether oxygens (including phenoxy) is 2. The SMILES string of the molecule is C[C@H](NC(=O)COC(=O)c1ccccc1Oc1ccccc1)c1ccco1. The van der Waals surface area contributed by atoms with Crippen molar-refractivity contribution in [2.45, 2.75) is 13.0 Å². The molecule has 3 aromatic rings. The van der Waals surface area contributed by atoms with E-state index in [4.69, 9.17) is 13.9 Å². The number of nitrogens with one attached hydrogen (secondary N) is 1. The lowest BCUT2D eigenvalue weighted by Gasteiger charge is -2.13. The molecule has 0 bridgehead atoms. The number of furan rings is 1. The highest BCUT2D eigenvalue weighted by atomic mass is 16.5. The Balaban J connectivity index is 1.59. The molecule has 138 valence electrons. The first-order valence-corrected chi connectivity index (χ1v) is 8.45. The van der Waals surface area contributed by atoms with Gasteiger partial charge in [-0.2, -0.15) is 0 Å². The van der Waals surface area contributed by atoms with Crippen molar-refractivity contribution in [3.8, 4) is 11.5 Å². The van der Waals surface area contributed by atoms with Gasteiger partial charge in [0.25, 0.3) is 5.91 Å². The quantitative estimate of drug-likeness (QED) is 0.638. The largest absolute Gasteiger partial charge is 0.467 e. The average molecular weight is 365 g/mol. The van der Waals surface area contributed by atoms with Crippen LogP contribution >= 0.6 is 0 Å². The summed E-state index contributed by atoms with van der Waals surface area (Å²) >= 11 is 0. The van der Waals surface area contributed by atoms with Crippen molar-refractivity contribution < 1.29 is 23.5 Å². The van der Waals surface area contributed by atoms with Crippen molar-refractivity contribution >= 4 is 11.9 Å². The minimum atomic E-state index is -0.637. The lowest BCUT2D eigenvalue weighted by molar-refractivity contribution is -0.125. The number of hydrogen-bond acceptors (Lipinski definition) is 5. The van der Waals surface area contributed by atoms with Crippen molar-refractivity contribution in [1.29, 1.82) is 0 Å². The van der Waals surface area contributed by atoms with Crippen LogP contribution in [0.2, 0.25) is 0 Å². The highest BCUT2D eigenvalue weighted by molar-refractivity contribution is 5.94. The smallest absolute Gasteiger partial charge is 0.342 e. The molecule has 3 rings (SSSR count). The number of carbonyl (C=O) groups excluding carboxylic acids is 2. The lowest BCUT2D eigenvalue weighted by atomic mass is 10.2. The van der Waals surface area contributed by atoms with E-state index >= 15 is 0 Å². The van der Waals surface area contributed by atoms with E-state index < -0.39 is 18.5 Å². The number of carbonyl (C=O) groups is 2. The molecule has 6 nitrogen and oxygen atoms in total. The molecular weight excluding hydrogens is 346 g/mol. The molecule has 6 heteroatoms. The Labute approximate surface area is 156 Å². The molecule has 0 saturated carbocycles. The van der Waals surface area contributed by atoms with E-state index in [-0.39, 0.29) is 11.6 Å². The van der Waals surface area contributed by atoms with Gasteiger partial charge in [-0.25, -0.2) is 4.79 Å². The summed E-state index contributed by atoms with van der Waals surface area (Å²) in [5.74, 6) is 0.521. The van der Waals surface area contributed by atoms with Crippen molar-refractivity contribution in [2.24, 2.45) is 0 Å². The standard InChI is InChI=1S/C21H19NO5/c1-15(18-12-7-13-25-18)22-20(23)14-26-21(24)17-10-5-6-11-19(17)27-16-8-3-2-4-9-16/h2-13,15H,14H2,1H3,(H,22,23)/t15-/m0/s1. The van der Waals surface area contributed by atoms with Gasteiger partial charge >= 0.3 is 5.97 Å². The Kier molecular flexibility index (Phi) is 5.89. The Morgan fingerprint density at radius 3 is 2.48 bits per heavy atom. The topological polar surface area (TPSA) is 77.8 Å². The fourth-order valence-corrected chi connectivity index (χ4v) is 2.44. The Morgan fingerprint density at radius 2 is 1.74 bits per heavy atom. The molecule has 0 spiro atoms. The highest BCUT2D eigenvalue weighted by Crippen LogP contribution is 2.25. The fraction of sp³-hybridized carbons (Fsp3) is 0.143. The van der Waals surface area contributed by atoms with Gasteiger partial charge in [-0.05, 0) is 43.3 Å². The summed E-state index contributed by atoms with van der Waals surface area (Å²) in [6.45, 7) is 1.38. The molecule has 0 aliphatic heterocycles. The van der Waals surface area contributed by atoms with E-state index in [1.807, 2.05) is 18.2 Å². The molecule has 1 heterocycles. The third kappa shape index (κ3) is 4.98. The maximum absolute atomic E-state index is 12.4. The number of para-hydroxylation sites is 2. The molecule has 0 unspecified atom stereocenters. The van der Waals surface area contributed by atoms with Gasteiger partial charge in [0.1, 0.15) is 22.8 Å². The van der Waals surface area contributed by atoms with Crippen LogP contribution in [-0.2, 0) is 9.53 Å². The summed E-state index contributed by atoms with van der Waals surface area (Å²) in [5.41, 5.74) is 0.244. The van der Waals surface area contributed by atoms with Crippen LogP contribution in [-0.4, -0.2) is 18.5 Å². The van der Waals surface area contributed by atoms with E-state index in [9.17, 15) is 9.59 Å². The molecule has 1 aromatic heterocycles. The van der Waals surface area contributed by atoms with E-state index in [1.54, 1.807) is 55.5 Å². The van der Waals surface area contributed by atoms with Crippen LogP contribution in [0.5, 0.6) is 11.5 Å². The summed E-state index contributed by atoms with van der Waals surface area (Å²) in [6.07, 6.45) is 1.53. The minimum absolute atomic E-state index is 0.244. The van der Waals surface area contributed by atoms with Crippen molar-refractivity contribution in [3.05, 3.63) is 84.3 Å².